The van der Waals surface area contributed by atoms with Crippen LogP contribution in [0.5, 0.6) is 0 Å². The fourth-order valence-corrected chi connectivity index (χ4v) is 3.56. The van der Waals surface area contributed by atoms with Gasteiger partial charge in [0.1, 0.15) is 0 Å². The van der Waals surface area contributed by atoms with Crippen LogP contribution in [0.1, 0.15) is 40.5 Å². The third-order valence-corrected chi connectivity index (χ3v) is 7.07. The number of rotatable bonds is 7. The molecule has 1 amide bonds. The van der Waals surface area contributed by atoms with Gasteiger partial charge in [0, 0.05) is 32.7 Å². The molecule has 3 N–H and O–H groups in total. The van der Waals surface area contributed by atoms with Gasteiger partial charge in [-0.3, -0.25) is 14.7 Å². The van der Waals surface area contributed by atoms with E-state index in [4.69, 9.17) is 0 Å². The Kier molecular flexibility index (Phi) is 8.82. The number of guanidine groups is 1. The first-order valence-corrected chi connectivity index (χ1v) is 10.9. The Morgan fingerprint density at radius 2 is 1.85 bits per heavy atom. The van der Waals surface area contributed by atoms with E-state index in [0.29, 0.717) is 19.0 Å². The number of nitrogens with zero attached hydrogens (tertiary/aromatic N) is 2. The molecule has 26 heavy (non-hydrogen) atoms. The van der Waals surface area contributed by atoms with Crippen LogP contribution >= 0.6 is 0 Å². The van der Waals surface area contributed by atoms with Crippen molar-refractivity contribution < 1.29 is 13.2 Å². The zero-order chi connectivity index (χ0) is 19.8. The highest BCUT2D eigenvalue weighted by Crippen LogP contribution is 2.15. The molecule has 1 rings (SSSR count). The van der Waals surface area contributed by atoms with E-state index in [1.54, 1.807) is 27.8 Å². The Hall–Kier alpha value is -1.35. The van der Waals surface area contributed by atoms with E-state index in [-0.39, 0.29) is 24.2 Å². The van der Waals surface area contributed by atoms with Crippen LogP contribution in [0.3, 0.4) is 0 Å². The van der Waals surface area contributed by atoms with Crippen LogP contribution in [0.2, 0.25) is 0 Å². The zero-order valence-electron chi connectivity index (χ0n) is 16.8. The summed E-state index contributed by atoms with van der Waals surface area (Å²) in [6.07, 6.45) is 1.84. The molecule has 0 aromatic carbocycles. The first kappa shape index (κ1) is 22.7. The number of likely N-dealkylation sites (tertiary alicyclic amines) is 1. The van der Waals surface area contributed by atoms with Gasteiger partial charge in [-0.15, -0.1) is 0 Å². The van der Waals surface area contributed by atoms with Gasteiger partial charge in [0.05, 0.1) is 23.6 Å². The predicted octanol–water partition coefficient (Wildman–Crippen LogP) is -0.0348. The molecule has 0 saturated carbocycles. The molecular formula is C17H35N5O3S. The maximum Gasteiger partial charge on any atom is 0.233 e. The smallest absolute Gasteiger partial charge is 0.233 e. The molecule has 8 nitrogen and oxygen atoms in total. The molecule has 0 spiro atoms. The van der Waals surface area contributed by atoms with Gasteiger partial charge in [0.15, 0.2) is 15.8 Å². The Morgan fingerprint density at radius 1 is 1.23 bits per heavy atom. The maximum atomic E-state index is 12.2. The number of likely N-dealkylation sites (N-methyl/N-ethyl adjacent to an activating group) is 1. The van der Waals surface area contributed by atoms with Crippen LogP contribution in [-0.4, -0.2) is 81.5 Å². The zero-order valence-corrected chi connectivity index (χ0v) is 17.6. The number of aliphatic imine (C=N–C) groups is 1. The fraction of sp³-hybridized carbons (Fsp3) is 0.882. The fourth-order valence-electron chi connectivity index (χ4n) is 2.61. The van der Waals surface area contributed by atoms with Crippen LogP contribution in [-0.2, 0) is 14.6 Å². The normalized spacial score (nSPS) is 17.8. The average molecular weight is 390 g/mol. The molecule has 1 aliphatic rings. The Labute approximate surface area is 158 Å². The lowest BCUT2D eigenvalue weighted by atomic mass is 10.1. The second-order valence-electron chi connectivity index (χ2n) is 7.56. The van der Waals surface area contributed by atoms with Gasteiger partial charge in [0.2, 0.25) is 5.91 Å². The monoisotopic (exact) mass is 389 g/mol. The summed E-state index contributed by atoms with van der Waals surface area (Å²) in [6, 6.07) is 0.271. The van der Waals surface area contributed by atoms with E-state index in [0.717, 1.165) is 25.9 Å². The minimum absolute atomic E-state index is 0.0337. The third kappa shape index (κ3) is 7.49. The van der Waals surface area contributed by atoms with Gasteiger partial charge in [-0.1, -0.05) is 0 Å². The first-order valence-electron chi connectivity index (χ1n) is 9.29. The number of hydrogen-bond acceptors (Lipinski definition) is 5. The average Bonchev–Trinajstić information content (AvgIpc) is 2.55. The number of amides is 1. The summed E-state index contributed by atoms with van der Waals surface area (Å²) in [7, 11) is -1.52. The van der Waals surface area contributed by atoms with Gasteiger partial charge in [-0.2, -0.15) is 0 Å². The molecule has 0 atom stereocenters. The van der Waals surface area contributed by atoms with Crippen molar-refractivity contribution in [3.63, 3.8) is 0 Å². The largest absolute Gasteiger partial charge is 0.358 e. The van der Waals surface area contributed by atoms with Gasteiger partial charge >= 0.3 is 0 Å². The Balaban J connectivity index is 2.52. The molecule has 1 aliphatic heterocycles. The summed E-state index contributed by atoms with van der Waals surface area (Å²) in [6.45, 7) is 10.2. The molecule has 0 unspecified atom stereocenters. The lowest BCUT2D eigenvalue weighted by Crippen LogP contribution is -2.50. The van der Waals surface area contributed by atoms with Gasteiger partial charge in [0.25, 0.3) is 0 Å². The highest BCUT2D eigenvalue weighted by atomic mass is 32.2. The minimum atomic E-state index is -3.17. The molecule has 0 bridgehead atoms. The Morgan fingerprint density at radius 3 is 2.35 bits per heavy atom. The Bertz CT molecular complexity index is 576. The molecule has 0 aromatic rings. The maximum absolute atomic E-state index is 12.2. The van der Waals surface area contributed by atoms with Crippen molar-refractivity contribution in [2.24, 2.45) is 4.99 Å². The quantitative estimate of drug-likeness (QED) is 0.417. The van der Waals surface area contributed by atoms with Gasteiger partial charge in [-0.05, 0) is 40.5 Å². The van der Waals surface area contributed by atoms with E-state index in [1.165, 1.54) is 0 Å². The number of sulfone groups is 1. The van der Waals surface area contributed by atoms with Crippen LogP contribution in [0, 0.1) is 0 Å². The predicted molar refractivity (Wildman–Crippen MR) is 106 cm³/mol. The van der Waals surface area contributed by atoms with Crippen LogP contribution < -0.4 is 16.0 Å². The van der Waals surface area contributed by atoms with Crippen LogP contribution in [0.15, 0.2) is 4.99 Å². The molecule has 1 fully saturated rings. The van der Waals surface area contributed by atoms with Gasteiger partial charge < -0.3 is 16.0 Å². The standard InChI is InChI=1S/C17H35N5O3S/c1-6-19-16(20-9-12-26(24,25)17(2,3)4)21-14-7-10-22(11-8-14)13-15(23)18-5/h14H,6-13H2,1-5H3,(H,18,23)(H2,19,20,21). The summed E-state index contributed by atoms with van der Waals surface area (Å²) < 4.78 is 23.6. The van der Waals surface area contributed by atoms with Crippen molar-refractivity contribution in [3.8, 4) is 0 Å². The molecule has 0 aliphatic carbocycles. The van der Waals surface area contributed by atoms with E-state index in [1.807, 2.05) is 6.92 Å². The van der Waals surface area contributed by atoms with Crippen molar-refractivity contribution in [2.75, 3.05) is 45.5 Å². The second-order valence-corrected chi connectivity index (χ2v) is 10.4. The number of hydrogen-bond donors (Lipinski definition) is 3. The SMILES string of the molecule is CCNC(=NCCS(=O)(=O)C(C)(C)C)NC1CCN(CC(=O)NC)CC1. The van der Waals surface area contributed by atoms with E-state index < -0.39 is 14.6 Å². The van der Waals surface area contributed by atoms with Crippen molar-refractivity contribution in [2.45, 2.75) is 51.3 Å². The van der Waals surface area contributed by atoms with Crippen molar-refractivity contribution in [3.05, 3.63) is 0 Å². The number of piperidine rings is 1. The molecule has 1 saturated heterocycles. The number of carbonyl (C=O) groups is 1. The van der Waals surface area contributed by atoms with E-state index in [2.05, 4.69) is 25.8 Å². The summed E-state index contributed by atoms with van der Waals surface area (Å²) >= 11 is 0. The summed E-state index contributed by atoms with van der Waals surface area (Å²) in [5, 5.41) is 9.20. The first-order chi connectivity index (χ1) is 12.1. The molecule has 1 heterocycles. The van der Waals surface area contributed by atoms with Crippen molar-refractivity contribution in [1.29, 1.82) is 0 Å². The lowest BCUT2D eigenvalue weighted by Gasteiger charge is -2.32. The van der Waals surface area contributed by atoms with Crippen LogP contribution in [0.4, 0.5) is 0 Å². The summed E-state index contributed by atoms with van der Waals surface area (Å²) in [5.41, 5.74) is 0. The number of nitrogens with one attached hydrogen (secondary N) is 3. The van der Waals surface area contributed by atoms with Crippen molar-refractivity contribution >= 4 is 21.7 Å². The highest BCUT2D eigenvalue weighted by Gasteiger charge is 2.28. The lowest BCUT2D eigenvalue weighted by molar-refractivity contribution is -0.122. The van der Waals surface area contributed by atoms with Gasteiger partial charge in [-0.25, -0.2) is 8.42 Å². The highest BCUT2D eigenvalue weighted by molar-refractivity contribution is 7.92. The van der Waals surface area contributed by atoms with Crippen LogP contribution in [0.25, 0.3) is 0 Å². The molecular weight excluding hydrogens is 354 g/mol. The van der Waals surface area contributed by atoms with E-state index in [9.17, 15) is 13.2 Å². The number of carbonyl (C=O) groups excluding carboxylic acids is 1. The third-order valence-electron chi connectivity index (χ3n) is 4.48. The topological polar surface area (TPSA) is 103 Å². The summed E-state index contributed by atoms with van der Waals surface area (Å²) in [4.78, 5) is 18.0. The molecule has 9 heteroatoms. The summed E-state index contributed by atoms with van der Waals surface area (Å²) in [5.74, 6) is 0.727. The van der Waals surface area contributed by atoms with E-state index >= 15 is 0 Å². The second kappa shape index (κ2) is 10.1. The molecule has 152 valence electrons. The van der Waals surface area contributed by atoms with Crippen molar-refractivity contribution in [1.82, 2.24) is 20.9 Å². The molecule has 0 aromatic heterocycles. The molecule has 0 radical (unpaired) electrons. The minimum Gasteiger partial charge on any atom is -0.358 e.